The molecule has 1 heterocycles. The molecule has 24 heavy (non-hydrogen) atoms. The topological polar surface area (TPSA) is 74.7 Å². The Morgan fingerprint density at radius 2 is 2.00 bits per heavy atom. The summed E-state index contributed by atoms with van der Waals surface area (Å²) >= 11 is 0. The molecule has 0 saturated heterocycles. The van der Waals surface area contributed by atoms with Crippen LogP contribution in [0.4, 0.5) is 5.69 Å². The molecule has 126 valence electrons. The molecular weight excluding hydrogens is 326 g/mol. The minimum Gasteiger partial charge on any atom is -0.478 e. The summed E-state index contributed by atoms with van der Waals surface area (Å²) in [5.41, 5.74) is 3.20. The van der Waals surface area contributed by atoms with Crippen molar-refractivity contribution in [3.63, 3.8) is 0 Å². The number of hydrogen-bond acceptors (Lipinski definition) is 4. The average Bonchev–Trinajstić information content (AvgIpc) is 2.54. The Balaban J connectivity index is 1.94. The summed E-state index contributed by atoms with van der Waals surface area (Å²) in [5.74, 6) is -0.949. The molecule has 0 fully saturated rings. The molecule has 0 saturated carbocycles. The summed E-state index contributed by atoms with van der Waals surface area (Å²) in [7, 11) is -3.25. The maximum atomic E-state index is 11.8. The van der Waals surface area contributed by atoms with E-state index in [4.69, 9.17) is 5.11 Å². The number of aryl methyl sites for hydroxylation is 1. The van der Waals surface area contributed by atoms with E-state index in [-0.39, 0.29) is 5.56 Å². The average molecular weight is 345 g/mol. The fourth-order valence-corrected chi connectivity index (χ4v) is 3.69. The highest BCUT2D eigenvalue weighted by atomic mass is 32.2. The van der Waals surface area contributed by atoms with Gasteiger partial charge in [-0.25, -0.2) is 13.2 Å². The van der Waals surface area contributed by atoms with Gasteiger partial charge in [0.25, 0.3) is 0 Å². The number of carbonyl (C=O) groups is 1. The van der Waals surface area contributed by atoms with Crippen LogP contribution in [-0.4, -0.2) is 32.3 Å². The molecule has 0 bridgehead atoms. The van der Waals surface area contributed by atoms with Crippen LogP contribution in [0.25, 0.3) is 0 Å². The lowest BCUT2D eigenvalue weighted by atomic mass is 10.0. The summed E-state index contributed by atoms with van der Waals surface area (Å²) in [5, 5.41) is 9.12. The first-order chi connectivity index (χ1) is 11.3. The predicted molar refractivity (Wildman–Crippen MR) is 92.3 cm³/mol. The van der Waals surface area contributed by atoms with E-state index in [0.29, 0.717) is 11.4 Å². The van der Waals surface area contributed by atoms with Crippen molar-refractivity contribution in [1.82, 2.24) is 0 Å². The first-order valence-corrected chi connectivity index (χ1v) is 9.64. The Morgan fingerprint density at radius 1 is 1.21 bits per heavy atom. The fourth-order valence-electron chi connectivity index (χ4n) is 3.05. The third-order valence-electron chi connectivity index (χ3n) is 4.25. The zero-order valence-electron chi connectivity index (χ0n) is 13.4. The molecule has 1 aliphatic rings. The molecule has 5 nitrogen and oxygen atoms in total. The van der Waals surface area contributed by atoms with Gasteiger partial charge in [-0.1, -0.05) is 18.2 Å². The number of fused-ring (bicyclic) bond motifs is 1. The lowest BCUT2D eigenvalue weighted by Gasteiger charge is -2.32. The number of sulfone groups is 1. The molecule has 1 N–H and O–H groups in total. The Hall–Kier alpha value is -2.34. The van der Waals surface area contributed by atoms with Crippen LogP contribution in [0, 0.1) is 0 Å². The zero-order chi connectivity index (χ0) is 17.3. The van der Waals surface area contributed by atoms with Crippen LogP contribution in [0.15, 0.2) is 47.4 Å². The number of carboxylic acids is 1. The number of nitrogens with zero attached hydrogens (tertiary/aromatic N) is 1. The minimum atomic E-state index is -3.25. The van der Waals surface area contributed by atoms with Crippen molar-refractivity contribution < 1.29 is 18.3 Å². The smallest absolute Gasteiger partial charge is 0.335 e. The van der Waals surface area contributed by atoms with E-state index in [1.54, 1.807) is 30.3 Å². The lowest BCUT2D eigenvalue weighted by molar-refractivity contribution is 0.0696. The third-order valence-corrected chi connectivity index (χ3v) is 5.36. The maximum Gasteiger partial charge on any atom is 0.335 e. The number of rotatable bonds is 4. The van der Waals surface area contributed by atoms with Crippen molar-refractivity contribution in [1.29, 1.82) is 0 Å². The number of anilines is 1. The summed E-state index contributed by atoms with van der Waals surface area (Å²) in [6.07, 6.45) is 3.12. The normalized spacial score (nSPS) is 14.3. The number of hydrogen-bond donors (Lipinski definition) is 1. The van der Waals surface area contributed by atoms with E-state index in [9.17, 15) is 13.2 Å². The van der Waals surface area contributed by atoms with Gasteiger partial charge in [0, 0.05) is 25.0 Å². The summed E-state index contributed by atoms with van der Waals surface area (Å²) in [6.45, 7) is 1.37. The van der Waals surface area contributed by atoms with Crippen LogP contribution in [-0.2, 0) is 22.8 Å². The third kappa shape index (κ3) is 3.43. The van der Waals surface area contributed by atoms with Gasteiger partial charge in [0.15, 0.2) is 9.84 Å². The summed E-state index contributed by atoms with van der Waals surface area (Å²) < 4.78 is 23.6. The van der Waals surface area contributed by atoms with Gasteiger partial charge in [-0.3, -0.25) is 0 Å². The van der Waals surface area contributed by atoms with E-state index < -0.39 is 15.8 Å². The Labute approximate surface area is 141 Å². The molecule has 0 spiro atoms. The Morgan fingerprint density at radius 3 is 2.71 bits per heavy atom. The molecule has 0 radical (unpaired) electrons. The van der Waals surface area contributed by atoms with Crippen LogP contribution in [0.2, 0.25) is 0 Å². The van der Waals surface area contributed by atoms with E-state index in [2.05, 4.69) is 4.90 Å². The highest BCUT2D eigenvalue weighted by Gasteiger charge is 2.20. The van der Waals surface area contributed by atoms with Gasteiger partial charge in [-0.15, -0.1) is 0 Å². The van der Waals surface area contributed by atoms with Gasteiger partial charge >= 0.3 is 5.97 Å². The van der Waals surface area contributed by atoms with Gasteiger partial charge < -0.3 is 10.0 Å². The van der Waals surface area contributed by atoms with Gasteiger partial charge in [0.1, 0.15) is 0 Å². The lowest BCUT2D eigenvalue weighted by Crippen LogP contribution is -2.29. The SMILES string of the molecule is CS(=O)(=O)c1ccc2c(c1)N(Cc1cccc(C(=O)O)c1)CCC2. The molecule has 0 atom stereocenters. The van der Waals surface area contributed by atoms with Crippen LogP contribution < -0.4 is 4.90 Å². The second kappa shape index (κ2) is 6.28. The molecule has 3 rings (SSSR count). The van der Waals surface area contributed by atoms with Crippen LogP contribution in [0.5, 0.6) is 0 Å². The monoisotopic (exact) mass is 345 g/mol. The van der Waals surface area contributed by atoms with Crippen molar-refractivity contribution >= 4 is 21.5 Å². The van der Waals surface area contributed by atoms with Crippen molar-refractivity contribution in [3.05, 3.63) is 59.2 Å². The Kier molecular flexibility index (Phi) is 4.32. The number of benzene rings is 2. The van der Waals surface area contributed by atoms with Crippen molar-refractivity contribution in [2.45, 2.75) is 24.3 Å². The number of carboxylic acid groups (broad SMARTS) is 1. The molecule has 1 aliphatic heterocycles. The van der Waals surface area contributed by atoms with Crippen LogP contribution in [0.3, 0.4) is 0 Å². The minimum absolute atomic E-state index is 0.259. The zero-order valence-corrected chi connectivity index (χ0v) is 14.2. The van der Waals surface area contributed by atoms with Gasteiger partial charge in [-0.2, -0.15) is 0 Å². The largest absolute Gasteiger partial charge is 0.478 e. The molecule has 2 aromatic rings. The standard InChI is InChI=1S/C18H19NO4S/c1-24(22,23)16-8-7-14-6-3-9-19(17(14)11-16)12-13-4-2-5-15(10-13)18(20)21/h2,4-5,7-8,10-11H,3,6,9,12H2,1H3,(H,20,21). The molecule has 0 unspecified atom stereocenters. The summed E-state index contributed by atoms with van der Waals surface area (Å²) in [6, 6.07) is 12.1. The van der Waals surface area contributed by atoms with Gasteiger partial charge in [-0.05, 0) is 48.2 Å². The molecule has 2 aromatic carbocycles. The fraction of sp³-hybridized carbons (Fsp3) is 0.278. The van der Waals surface area contributed by atoms with E-state index >= 15 is 0 Å². The number of aromatic carboxylic acids is 1. The van der Waals surface area contributed by atoms with Crippen molar-refractivity contribution in [2.75, 3.05) is 17.7 Å². The van der Waals surface area contributed by atoms with Crippen molar-refractivity contribution in [2.24, 2.45) is 0 Å². The van der Waals surface area contributed by atoms with Crippen molar-refractivity contribution in [3.8, 4) is 0 Å². The first kappa shape index (κ1) is 16.5. The molecule has 6 heteroatoms. The molecule has 0 aliphatic carbocycles. The molecular formula is C18H19NO4S. The molecule has 0 aromatic heterocycles. The summed E-state index contributed by atoms with van der Waals surface area (Å²) in [4.78, 5) is 13.6. The van der Waals surface area contributed by atoms with Crippen LogP contribution >= 0.6 is 0 Å². The Bertz CT molecular complexity index is 890. The first-order valence-electron chi connectivity index (χ1n) is 7.75. The quantitative estimate of drug-likeness (QED) is 0.922. The second-order valence-corrected chi connectivity index (χ2v) is 8.11. The van der Waals surface area contributed by atoms with Gasteiger partial charge in [0.2, 0.25) is 0 Å². The van der Waals surface area contributed by atoms with E-state index in [1.807, 2.05) is 12.1 Å². The van der Waals surface area contributed by atoms with E-state index in [0.717, 1.165) is 36.2 Å². The molecule has 0 amide bonds. The van der Waals surface area contributed by atoms with Gasteiger partial charge in [0.05, 0.1) is 10.5 Å². The predicted octanol–water partition coefficient (Wildman–Crippen LogP) is 2.74. The van der Waals surface area contributed by atoms with E-state index in [1.165, 1.54) is 6.26 Å². The second-order valence-electron chi connectivity index (χ2n) is 6.09. The highest BCUT2D eigenvalue weighted by molar-refractivity contribution is 7.90. The maximum absolute atomic E-state index is 11.8. The van der Waals surface area contributed by atoms with Crippen LogP contribution in [0.1, 0.15) is 27.9 Å². The highest BCUT2D eigenvalue weighted by Crippen LogP contribution is 2.31.